The molecule has 0 spiro atoms. The van der Waals surface area contributed by atoms with Gasteiger partial charge in [-0.05, 0) is 39.7 Å². The van der Waals surface area contributed by atoms with E-state index in [4.69, 9.17) is 5.84 Å². The van der Waals surface area contributed by atoms with E-state index in [9.17, 15) is 0 Å². The van der Waals surface area contributed by atoms with Crippen molar-refractivity contribution in [3.63, 3.8) is 0 Å². The van der Waals surface area contributed by atoms with Crippen molar-refractivity contribution in [2.24, 2.45) is 5.84 Å². The van der Waals surface area contributed by atoms with Gasteiger partial charge in [-0.15, -0.1) is 0 Å². The fraction of sp³-hybridized carbons (Fsp3) is 0.133. The van der Waals surface area contributed by atoms with Gasteiger partial charge < -0.3 is 0 Å². The lowest BCUT2D eigenvalue weighted by atomic mass is 10.0. The molecule has 0 bridgehead atoms. The second-order valence-electron chi connectivity index (χ2n) is 4.66. The molecule has 0 aliphatic rings. The van der Waals surface area contributed by atoms with Crippen LogP contribution in [0, 0.1) is 0 Å². The van der Waals surface area contributed by atoms with Crippen molar-refractivity contribution < 1.29 is 0 Å². The third-order valence-electron chi connectivity index (χ3n) is 3.31. The Hall–Kier alpha value is -1.89. The Kier molecular flexibility index (Phi) is 4.19. The number of para-hydroxylation sites is 1. The first-order chi connectivity index (χ1) is 10.3. The van der Waals surface area contributed by atoms with E-state index in [1.54, 1.807) is 18.6 Å². The van der Waals surface area contributed by atoms with Crippen molar-refractivity contribution in [1.29, 1.82) is 0 Å². The normalized spacial score (nSPS) is 12.5. The third-order valence-corrected chi connectivity index (χ3v) is 3.78. The number of nitrogens with two attached hydrogens (primary N) is 1. The van der Waals surface area contributed by atoms with Crippen LogP contribution in [0.15, 0.2) is 53.4 Å². The number of hydrazine groups is 1. The molecule has 21 heavy (non-hydrogen) atoms. The van der Waals surface area contributed by atoms with Gasteiger partial charge in [-0.25, -0.2) is 0 Å². The minimum Gasteiger partial charge on any atom is -0.271 e. The van der Waals surface area contributed by atoms with Crippen LogP contribution < -0.4 is 11.3 Å². The molecular weight excluding hydrogens is 330 g/mol. The van der Waals surface area contributed by atoms with Crippen LogP contribution in [0.3, 0.4) is 0 Å². The summed E-state index contributed by atoms with van der Waals surface area (Å²) in [4.78, 5) is 13.1. The van der Waals surface area contributed by atoms with Crippen molar-refractivity contribution in [2.45, 2.75) is 12.5 Å². The van der Waals surface area contributed by atoms with Gasteiger partial charge in [0.25, 0.3) is 0 Å². The Morgan fingerprint density at radius 1 is 1.10 bits per heavy atom. The number of aromatic nitrogens is 3. The Morgan fingerprint density at radius 2 is 1.95 bits per heavy atom. The number of halogens is 1. The maximum absolute atomic E-state index is 5.74. The summed E-state index contributed by atoms with van der Waals surface area (Å²) in [5, 5.41) is 0. The molecule has 5 nitrogen and oxygen atoms in total. The summed E-state index contributed by atoms with van der Waals surface area (Å²) in [6.45, 7) is 0. The molecule has 1 aromatic carbocycles. The van der Waals surface area contributed by atoms with E-state index in [2.05, 4.69) is 36.3 Å². The molecule has 0 saturated carbocycles. The summed E-state index contributed by atoms with van der Waals surface area (Å²) in [5.74, 6) is 5.74. The number of nitrogens with zero attached hydrogens (tertiary/aromatic N) is 3. The molecular formula is C15H14BrN5. The molecule has 106 valence electrons. The Balaban J connectivity index is 1.96. The van der Waals surface area contributed by atoms with Crippen molar-refractivity contribution >= 4 is 27.0 Å². The number of rotatable bonds is 4. The average molecular weight is 344 g/mol. The largest absolute Gasteiger partial charge is 0.271 e. The Labute approximate surface area is 130 Å². The molecule has 0 amide bonds. The molecule has 2 heterocycles. The fourth-order valence-electron chi connectivity index (χ4n) is 2.29. The zero-order valence-electron chi connectivity index (χ0n) is 11.2. The van der Waals surface area contributed by atoms with Crippen molar-refractivity contribution in [1.82, 2.24) is 20.4 Å². The number of pyridine rings is 1. The lowest BCUT2D eigenvalue weighted by Crippen LogP contribution is -2.30. The highest BCUT2D eigenvalue weighted by Crippen LogP contribution is 2.23. The van der Waals surface area contributed by atoms with Crippen LogP contribution in [-0.2, 0) is 6.42 Å². The Bertz CT molecular complexity index is 739. The summed E-state index contributed by atoms with van der Waals surface area (Å²) in [7, 11) is 0. The zero-order valence-corrected chi connectivity index (χ0v) is 12.8. The number of hydrogen-bond acceptors (Lipinski definition) is 5. The number of hydrogen-bond donors (Lipinski definition) is 2. The molecule has 1 atom stereocenters. The average Bonchev–Trinajstić information content (AvgIpc) is 2.54. The van der Waals surface area contributed by atoms with Gasteiger partial charge in [0.2, 0.25) is 0 Å². The van der Waals surface area contributed by atoms with Crippen LogP contribution in [0.1, 0.15) is 17.3 Å². The first kappa shape index (κ1) is 14.1. The van der Waals surface area contributed by atoms with Crippen LogP contribution in [0.4, 0.5) is 0 Å². The van der Waals surface area contributed by atoms with Crippen LogP contribution in [0.2, 0.25) is 0 Å². The van der Waals surface area contributed by atoms with Gasteiger partial charge in [-0.3, -0.25) is 26.2 Å². The van der Waals surface area contributed by atoms with E-state index in [-0.39, 0.29) is 6.04 Å². The number of fused-ring (bicyclic) bond motifs is 1. The SMILES string of the molecule is NNC(Cc1ccc(Br)cn1)c1cccc2nccnc12. The van der Waals surface area contributed by atoms with Gasteiger partial charge in [0.05, 0.1) is 17.1 Å². The molecule has 0 aliphatic heterocycles. The fourth-order valence-corrected chi connectivity index (χ4v) is 2.53. The van der Waals surface area contributed by atoms with Gasteiger partial charge in [0.1, 0.15) is 0 Å². The summed E-state index contributed by atoms with van der Waals surface area (Å²) in [6.07, 6.45) is 5.84. The van der Waals surface area contributed by atoms with Gasteiger partial charge in [-0.1, -0.05) is 12.1 Å². The molecule has 3 N–H and O–H groups in total. The van der Waals surface area contributed by atoms with Crippen LogP contribution in [-0.4, -0.2) is 15.0 Å². The number of benzene rings is 1. The summed E-state index contributed by atoms with van der Waals surface area (Å²) in [6, 6.07) is 9.80. The standard InChI is InChI=1S/C15H14BrN5/c16-10-4-5-11(20-9-10)8-14(21-17)12-2-1-3-13-15(12)19-7-6-18-13/h1-7,9,14,21H,8,17H2. The molecule has 0 saturated heterocycles. The summed E-state index contributed by atoms with van der Waals surface area (Å²) < 4.78 is 0.958. The quantitative estimate of drug-likeness (QED) is 0.562. The predicted octanol–water partition coefficient (Wildman–Crippen LogP) is 2.53. The van der Waals surface area contributed by atoms with Crippen molar-refractivity contribution in [3.8, 4) is 0 Å². The molecule has 2 aromatic heterocycles. The molecule has 0 fully saturated rings. The molecule has 0 radical (unpaired) electrons. The van der Waals surface area contributed by atoms with Gasteiger partial charge >= 0.3 is 0 Å². The minimum atomic E-state index is -0.0703. The first-order valence-electron chi connectivity index (χ1n) is 6.54. The highest BCUT2D eigenvalue weighted by Gasteiger charge is 2.15. The molecule has 6 heteroatoms. The smallest absolute Gasteiger partial charge is 0.0935 e. The van der Waals surface area contributed by atoms with E-state index in [1.807, 2.05) is 30.3 Å². The Morgan fingerprint density at radius 3 is 2.71 bits per heavy atom. The lowest BCUT2D eigenvalue weighted by Gasteiger charge is -2.17. The van der Waals surface area contributed by atoms with Gasteiger partial charge in [-0.2, -0.15) is 0 Å². The van der Waals surface area contributed by atoms with E-state index in [0.29, 0.717) is 6.42 Å². The third kappa shape index (κ3) is 3.07. The van der Waals surface area contributed by atoms with Crippen LogP contribution >= 0.6 is 15.9 Å². The van der Waals surface area contributed by atoms with Gasteiger partial charge in [0, 0.05) is 35.2 Å². The molecule has 3 rings (SSSR count). The van der Waals surface area contributed by atoms with Gasteiger partial charge in [0.15, 0.2) is 0 Å². The summed E-state index contributed by atoms with van der Waals surface area (Å²) in [5.41, 5.74) is 6.56. The lowest BCUT2D eigenvalue weighted by molar-refractivity contribution is 0.548. The van der Waals surface area contributed by atoms with E-state index in [1.165, 1.54) is 0 Å². The van der Waals surface area contributed by atoms with E-state index >= 15 is 0 Å². The molecule has 1 unspecified atom stereocenters. The molecule has 0 aliphatic carbocycles. The monoisotopic (exact) mass is 343 g/mol. The number of nitrogens with one attached hydrogen (secondary N) is 1. The van der Waals surface area contributed by atoms with Crippen molar-refractivity contribution in [3.05, 3.63) is 64.7 Å². The topological polar surface area (TPSA) is 76.7 Å². The predicted molar refractivity (Wildman–Crippen MR) is 85.2 cm³/mol. The highest BCUT2D eigenvalue weighted by molar-refractivity contribution is 9.10. The maximum Gasteiger partial charge on any atom is 0.0935 e. The zero-order chi connectivity index (χ0) is 14.7. The minimum absolute atomic E-state index is 0.0703. The second kappa shape index (κ2) is 6.26. The first-order valence-corrected chi connectivity index (χ1v) is 7.33. The second-order valence-corrected chi connectivity index (χ2v) is 5.58. The highest BCUT2D eigenvalue weighted by atomic mass is 79.9. The van der Waals surface area contributed by atoms with E-state index in [0.717, 1.165) is 26.8 Å². The summed E-state index contributed by atoms with van der Waals surface area (Å²) >= 11 is 3.39. The molecule has 3 aromatic rings. The maximum atomic E-state index is 5.74. The van der Waals surface area contributed by atoms with Crippen LogP contribution in [0.25, 0.3) is 11.0 Å². The van der Waals surface area contributed by atoms with Crippen molar-refractivity contribution in [2.75, 3.05) is 0 Å². The van der Waals surface area contributed by atoms with Crippen LogP contribution in [0.5, 0.6) is 0 Å². The van der Waals surface area contributed by atoms with E-state index < -0.39 is 0 Å².